The van der Waals surface area contributed by atoms with E-state index in [-0.39, 0.29) is 19.4 Å². The van der Waals surface area contributed by atoms with Gasteiger partial charge in [0.1, 0.15) is 18.1 Å². The summed E-state index contributed by atoms with van der Waals surface area (Å²) in [5, 5.41) is 21.4. The number of aromatic nitrogens is 3. The normalized spacial score (nSPS) is 10.2. The van der Waals surface area contributed by atoms with Crippen molar-refractivity contribution in [1.29, 1.82) is 0 Å². The van der Waals surface area contributed by atoms with Crippen molar-refractivity contribution >= 4 is 28.5 Å². The molecule has 0 unspecified atom stereocenters. The average molecular weight is 364 g/mol. The molecular weight excluding hydrogens is 346 g/mol. The Hall–Kier alpha value is -2.67. The van der Waals surface area contributed by atoms with Crippen molar-refractivity contribution in [1.82, 2.24) is 15.4 Å². The number of carboxylic acids is 1. The first-order chi connectivity index (χ1) is 12.1. The van der Waals surface area contributed by atoms with E-state index < -0.39 is 5.97 Å². The second-order valence-electron chi connectivity index (χ2n) is 4.81. The zero-order valence-corrected chi connectivity index (χ0v) is 14.7. The molecule has 0 aliphatic carbocycles. The zero-order chi connectivity index (χ0) is 18.2. The molecule has 25 heavy (non-hydrogen) atoms. The van der Waals surface area contributed by atoms with Gasteiger partial charge in [0.15, 0.2) is 5.58 Å². The molecule has 0 saturated carbocycles. The summed E-state index contributed by atoms with van der Waals surface area (Å²) in [6.07, 6.45) is 1.83. The van der Waals surface area contributed by atoms with E-state index in [0.29, 0.717) is 33.1 Å². The monoisotopic (exact) mass is 363 g/mol. The van der Waals surface area contributed by atoms with E-state index in [0.717, 1.165) is 0 Å². The second kappa shape index (κ2) is 8.98. The number of rotatable bonds is 6. The number of ether oxygens (including phenoxy) is 1. The van der Waals surface area contributed by atoms with Crippen LogP contribution in [0.25, 0.3) is 11.0 Å². The lowest BCUT2D eigenvalue weighted by molar-refractivity contribution is -0.136. The summed E-state index contributed by atoms with van der Waals surface area (Å²) in [4.78, 5) is 10.7. The minimum absolute atomic E-state index is 0.0236. The van der Waals surface area contributed by atoms with Crippen molar-refractivity contribution in [2.24, 2.45) is 0 Å². The SMILES string of the molecule is CC.O=C(O)CCc1noc2cc(OCc3cccnn3)c(Cl)cc12. The topological polar surface area (TPSA) is 98.3 Å². The number of carboxylic acid groups (broad SMARTS) is 1. The highest BCUT2D eigenvalue weighted by Gasteiger charge is 2.14. The standard InChI is InChI=1S/C15H12ClN3O4.C2H6/c16-11-6-10-12(3-4-15(20)21)19-23-13(10)7-14(11)22-8-9-2-1-5-17-18-9;1-2/h1-2,5-7H,3-4,8H2,(H,20,21);1-2H3. The third-order valence-electron chi connectivity index (χ3n) is 3.18. The molecule has 1 N–H and O–H groups in total. The van der Waals surface area contributed by atoms with Crippen LogP contribution in [-0.2, 0) is 17.8 Å². The highest BCUT2D eigenvalue weighted by molar-refractivity contribution is 6.32. The number of nitrogens with zero attached hydrogens (tertiary/aromatic N) is 3. The van der Waals surface area contributed by atoms with Crippen LogP contribution in [0.4, 0.5) is 0 Å². The molecule has 0 amide bonds. The van der Waals surface area contributed by atoms with Gasteiger partial charge in [-0.1, -0.05) is 30.6 Å². The Kier molecular flexibility index (Phi) is 6.71. The summed E-state index contributed by atoms with van der Waals surface area (Å²) in [5.74, 6) is -0.457. The van der Waals surface area contributed by atoms with Crippen LogP contribution in [0.5, 0.6) is 5.75 Å². The summed E-state index contributed by atoms with van der Waals surface area (Å²) in [7, 11) is 0. The van der Waals surface area contributed by atoms with Gasteiger partial charge >= 0.3 is 5.97 Å². The molecule has 2 heterocycles. The molecular formula is C17H18ClN3O4. The molecule has 132 valence electrons. The van der Waals surface area contributed by atoms with Crippen LogP contribution in [0.2, 0.25) is 5.02 Å². The first-order valence-electron chi connectivity index (χ1n) is 7.82. The third kappa shape index (κ3) is 4.90. The lowest BCUT2D eigenvalue weighted by Gasteiger charge is -2.07. The molecule has 7 nitrogen and oxygen atoms in total. The van der Waals surface area contributed by atoms with Crippen LogP contribution in [0, 0.1) is 0 Å². The maximum absolute atomic E-state index is 10.7. The molecule has 3 rings (SSSR count). The summed E-state index contributed by atoms with van der Waals surface area (Å²) < 4.78 is 10.8. The van der Waals surface area contributed by atoms with Crippen LogP contribution in [0.1, 0.15) is 31.7 Å². The van der Waals surface area contributed by atoms with Gasteiger partial charge in [0.2, 0.25) is 0 Å². The molecule has 3 aromatic rings. The van der Waals surface area contributed by atoms with Crippen molar-refractivity contribution in [2.75, 3.05) is 0 Å². The molecule has 8 heteroatoms. The number of aryl methyl sites for hydroxylation is 1. The highest BCUT2D eigenvalue weighted by atomic mass is 35.5. The summed E-state index contributed by atoms with van der Waals surface area (Å²) >= 11 is 6.21. The maximum atomic E-state index is 10.7. The molecule has 0 spiro atoms. The van der Waals surface area contributed by atoms with Crippen LogP contribution < -0.4 is 4.74 Å². The lowest BCUT2D eigenvalue weighted by atomic mass is 10.1. The smallest absolute Gasteiger partial charge is 0.303 e. The number of hydrogen-bond acceptors (Lipinski definition) is 6. The van der Waals surface area contributed by atoms with Gasteiger partial charge in [0.25, 0.3) is 0 Å². The number of benzene rings is 1. The molecule has 0 fully saturated rings. The molecule has 0 radical (unpaired) electrons. The van der Waals surface area contributed by atoms with Crippen LogP contribution in [0.15, 0.2) is 35.0 Å². The van der Waals surface area contributed by atoms with Gasteiger partial charge in [-0.05, 0) is 18.2 Å². The largest absolute Gasteiger partial charge is 0.486 e. The predicted octanol–water partition coefficient (Wildman–Crippen LogP) is 3.89. The van der Waals surface area contributed by atoms with Crippen LogP contribution >= 0.6 is 11.6 Å². The minimum Gasteiger partial charge on any atom is -0.486 e. The minimum atomic E-state index is -0.892. The molecule has 0 bridgehead atoms. The van der Waals surface area contributed by atoms with E-state index in [1.165, 1.54) is 0 Å². The molecule has 1 aromatic carbocycles. The number of aliphatic carboxylic acids is 1. The van der Waals surface area contributed by atoms with Crippen LogP contribution in [-0.4, -0.2) is 26.4 Å². The van der Waals surface area contributed by atoms with Crippen LogP contribution in [0.3, 0.4) is 0 Å². The van der Waals surface area contributed by atoms with Gasteiger partial charge < -0.3 is 14.4 Å². The number of halogens is 1. The summed E-state index contributed by atoms with van der Waals surface area (Å²) in [6.45, 7) is 4.22. The average Bonchev–Trinajstić information content (AvgIpc) is 3.02. The van der Waals surface area contributed by atoms with Crippen molar-refractivity contribution < 1.29 is 19.2 Å². The molecule has 0 aliphatic rings. The number of hydrogen-bond donors (Lipinski definition) is 1. The number of carbonyl (C=O) groups is 1. The Morgan fingerprint density at radius 3 is 2.84 bits per heavy atom. The third-order valence-corrected chi connectivity index (χ3v) is 3.47. The Morgan fingerprint density at radius 1 is 1.36 bits per heavy atom. The number of fused-ring (bicyclic) bond motifs is 1. The molecule has 0 saturated heterocycles. The highest BCUT2D eigenvalue weighted by Crippen LogP contribution is 2.32. The van der Waals surface area contributed by atoms with Crippen molar-refractivity contribution in [3.05, 3.63) is 46.9 Å². The van der Waals surface area contributed by atoms with E-state index >= 15 is 0 Å². The van der Waals surface area contributed by atoms with E-state index in [4.69, 9.17) is 26.0 Å². The van der Waals surface area contributed by atoms with E-state index in [1.807, 2.05) is 13.8 Å². The van der Waals surface area contributed by atoms with Gasteiger partial charge in [-0.3, -0.25) is 4.79 Å². The van der Waals surface area contributed by atoms with E-state index in [9.17, 15) is 4.79 Å². The molecule has 0 aliphatic heterocycles. The summed E-state index contributed by atoms with van der Waals surface area (Å²) in [6, 6.07) is 6.85. The molecule has 0 atom stereocenters. The quantitative estimate of drug-likeness (QED) is 0.709. The van der Waals surface area contributed by atoms with E-state index in [1.54, 1.807) is 30.5 Å². The van der Waals surface area contributed by atoms with E-state index in [2.05, 4.69) is 15.4 Å². The first kappa shape index (κ1) is 18.7. The van der Waals surface area contributed by atoms with Gasteiger partial charge in [-0.25, -0.2) is 0 Å². The predicted molar refractivity (Wildman–Crippen MR) is 92.7 cm³/mol. The fourth-order valence-corrected chi connectivity index (χ4v) is 2.29. The van der Waals surface area contributed by atoms with Crippen molar-refractivity contribution in [3.63, 3.8) is 0 Å². The van der Waals surface area contributed by atoms with Gasteiger partial charge in [0.05, 0.1) is 17.1 Å². The zero-order valence-electron chi connectivity index (χ0n) is 13.9. The Balaban J connectivity index is 0.00000109. The fraction of sp³-hybridized carbons (Fsp3) is 0.294. The summed E-state index contributed by atoms with van der Waals surface area (Å²) in [5.41, 5.74) is 1.72. The lowest BCUT2D eigenvalue weighted by Crippen LogP contribution is -1.99. The maximum Gasteiger partial charge on any atom is 0.303 e. The second-order valence-corrected chi connectivity index (χ2v) is 5.21. The fourth-order valence-electron chi connectivity index (χ4n) is 2.07. The molecule has 2 aromatic heterocycles. The Labute approximate surface area is 149 Å². The van der Waals surface area contributed by atoms with Gasteiger partial charge in [-0.2, -0.15) is 10.2 Å². The van der Waals surface area contributed by atoms with Gasteiger partial charge in [0, 0.05) is 24.1 Å². The van der Waals surface area contributed by atoms with Crippen molar-refractivity contribution in [2.45, 2.75) is 33.3 Å². The van der Waals surface area contributed by atoms with Crippen molar-refractivity contribution in [3.8, 4) is 5.75 Å². The Morgan fingerprint density at radius 2 is 2.16 bits per heavy atom. The Bertz CT molecular complexity index is 837. The first-order valence-corrected chi connectivity index (χ1v) is 8.20. The van der Waals surface area contributed by atoms with Gasteiger partial charge in [-0.15, -0.1) is 0 Å².